The van der Waals surface area contributed by atoms with E-state index in [0.717, 1.165) is 12.8 Å². The van der Waals surface area contributed by atoms with Gasteiger partial charge in [-0.3, -0.25) is 0 Å². The van der Waals surface area contributed by atoms with Crippen molar-refractivity contribution in [3.63, 3.8) is 0 Å². The zero-order valence-electron chi connectivity index (χ0n) is 6.36. The first kappa shape index (κ1) is 8.52. The van der Waals surface area contributed by atoms with Crippen LogP contribution in [0, 0.1) is 11.8 Å². The second-order valence-corrected chi connectivity index (χ2v) is 2.40. The van der Waals surface area contributed by atoms with Crippen LogP contribution < -0.4 is 0 Å². The van der Waals surface area contributed by atoms with Gasteiger partial charge in [-0.25, -0.2) is 0 Å². The molecule has 52 valence electrons. The molecule has 1 heteroatoms. The Balaban J connectivity index is 3.80. The summed E-state index contributed by atoms with van der Waals surface area (Å²) in [4.78, 5) is 0. The van der Waals surface area contributed by atoms with Crippen LogP contribution >= 0.6 is 0 Å². The molecule has 0 bridgehead atoms. The monoisotopic (exact) mass is 126 g/mol. The van der Waals surface area contributed by atoms with Gasteiger partial charge in [-0.1, -0.05) is 19.3 Å². The lowest BCUT2D eigenvalue weighted by molar-refractivity contribution is 0.111. The average Bonchev–Trinajstić information content (AvgIpc) is 1.64. The third kappa shape index (κ3) is 4.05. The first-order valence-corrected chi connectivity index (χ1v) is 3.28. The predicted molar refractivity (Wildman–Crippen MR) is 39.0 cm³/mol. The SMILES string of the molecule is CC#CC(C)(O)CCC. The average molecular weight is 126 g/mol. The molecule has 1 unspecified atom stereocenters. The molecule has 1 atom stereocenters. The molecule has 0 aliphatic rings. The van der Waals surface area contributed by atoms with Crippen LogP contribution in [-0.2, 0) is 0 Å². The highest BCUT2D eigenvalue weighted by atomic mass is 16.3. The van der Waals surface area contributed by atoms with E-state index >= 15 is 0 Å². The van der Waals surface area contributed by atoms with Crippen LogP contribution in [0.1, 0.15) is 33.6 Å². The molecular weight excluding hydrogens is 112 g/mol. The van der Waals surface area contributed by atoms with Crippen molar-refractivity contribution in [1.82, 2.24) is 0 Å². The third-order valence-electron chi connectivity index (χ3n) is 1.13. The Kier molecular flexibility index (Phi) is 3.34. The normalized spacial score (nSPS) is 15.6. The topological polar surface area (TPSA) is 20.2 Å². The second kappa shape index (κ2) is 3.53. The first-order valence-electron chi connectivity index (χ1n) is 3.28. The van der Waals surface area contributed by atoms with Gasteiger partial charge in [0, 0.05) is 0 Å². The van der Waals surface area contributed by atoms with Crippen molar-refractivity contribution in [3.8, 4) is 11.8 Å². The van der Waals surface area contributed by atoms with Gasteiger partial charge in [0.05, 0.1) is 0 Å². The molecule has 0 aliphatic heterocycles. The quantitative estimate of drug-likeness (QED) is 0.557. The van der Waals surface area contributed by atoms with Crippen molar-refractivity contribution in [2.45, 2.75) is 39.2 Å². The summed E-state index contributed by atoms with van der Waals surface area (Å²) in [7, 11) is 0. The van der Waals surface area contributed by atoms with Gasteiger partial charge < -0.3 is 5.11 Å². The van der Waals surface area contributed by atoms with Crippen molar-refractivity contribution < 1.29 is 5.11 Å². The number of rotatable bonds is 2. The van der Waals surface area contributed by atoms with Crippen molar-refractivity contribution in [2.24, 2.45) is 0 Å². The molecule has 1 N–H and O–H groups in total. The minimum absolute atomic E-state index is 0.758. The van der Waals surface area contributed by atoms with Crippen LogP contribution in [0.15, 0.2) is 0 Å². The van der Waals surface area contributed by atoms with Crippen LogP contribution in [0.2, 0.25) is 0 Å². The molecule has 1 nitrogen and oxygen atoms in total. The highest BCUT2D eigenvalue weighted by Gasteiger charge is 2.13. The molecule has 9 heavy (non-hydrogen) atoms. The molecule has 0 radical (unpaired) electrons. The molecule has 0 rings (SSSR count). The molecular formula is C8H14O. The molecule has 0 aromatic heterocycles. The molecule has 0 saturated carbocycles. The van der Waals surface area contributed by atoms with Crippen molar-refractivity contribution in [3.05, 3.63) is 0 Å². The van der Waals surface area contributed by atoms with Crippen molar-refractivity contribution in [1.29, 1.82) is 0 Å². The van der Waals surface area contributed by atoms with Crippen molar-refractivity contribution in [2.75, 3.05) is 0 Å². The summed E-state index contributed by atoms with van der Waals surface area (Å²) in [6, 6.07) is 0. The molecule has 0 amide bonds. The maximum absolute atomic E-state index is 9.34. The predicted octanol–water partition coefficient (Wildman–Crippen LogP) is 1.56. The number of aliphatic hydroxyl groups is 1. The largest absolute Gasteiger partial charge is 0.378 e. The zero-order chi connectivity index (χ0) is 7.33. The lowest BCUT2D eigenvalue weighted by Gasteiger charge is -2.13. The summed E-state index contributed by atoms with van der Waals surface area (Å²) in [5.74, 6) is 5.42. The summed E-state index contributed by atoms with van der Waals surface area (Å²) in [6.07, 6.45) is 1.73. The molecule has 0 heterocycles. The van der Waals surface area contributed by atoms with E-state index < -0.39 is 5.60 Å². The number of hydrogen-bond donors (Lipinski definition) is 1. The Morgan fingerprint density at radius 1 is 1.56 bits per heavy atom. The Labute approximate surface area is 57.1 Å². The molecule has 0 aliphatic carbocycles. The highest BCUT2D eigenvalue weighted by Crippen LogP contribution is 2.08. The van der Waals surface area contributed by atoms with Crippen molar-refractivity contribution >= 4 is 0 Å². The van der Waals surface area contributed by atoms with Crippen LogP contribution in [0.5, 0.6) is 0 Å². The standard InChI is InChI=1S/C8H14O/c1-4-6-8(3,9)7-5-2/h9H,4,6H2,1-3H3. The van der Waals surface area contributed by atoms with Crippen LogP contribution in [0.4, 0.5) is 0 Å². The van der Waals surface area contributed by atoms with E-state index in [1.165, 1.54) is 0 Å². The number of hydrogen-bond acceptors (Lipinski definition) is 1. The second-order valence-electron chi connectivity index (χ2n) is 2.40. The van der Waals surface area contributed by atoms with Gasteiger partial charge in [-0.05, 0) is 20.3 Å². The molecule has 0 spiro atoms. The lowest BCUT2D eigenvalue weighted by Crippen LogP contribution is -2.20. The lowest BCUT2D eigenvalue weighted by atomic mass is 10.0. The van der Waals surface area contributed by atoms with Gasteiger partial charge in [0.15, 0.2) is 0 Å². The van der Waals surface area contributed by atoms with Gasteiger partial charge >= 0.3 is 0 Å². The van der Waals surface area contributed by atoms with E-state index in [0.29, 0.717) is 0 Å². The van der Waals surface area contributed by atoms with E-state index in [-0.39, 0.29) is 0 Å². The van der Waals surface area contributed by atoms with Gasteiger partial charge in [0.25, 0.3) is 0 Å². The molecule has 0 saturated heterocycles. The van der Waals surface area contributed by atoms with E-state index in [2.05, 4.69) is 11.8 Å². The van der Waals surface area contributed by atoms with E-state index in [1.807, 2.05) is 6.92 Å². The van der Waals surface area contributed by atoms with Crippen LogP contribution in [0.25, 0.3) is 0 Å². The van der Waals surface area contributed by atoms with Gasteiger partial charge in [-0.2, -0.15) is 0 Å². The highest BCUT2D eigenvalue weighted by molar-refractivity contribution is 5.09. The third-order valence-corrected chi connectivity index (χ3v) is 1.13. The first-order chi connectivity index (χ1) is 4.12. The Hall–Kier alpha value is -0.480. The fourth-order valence-corrected chi connectivity index (χ4v) is 0.819. The van der Waals surface area contributed by atoms with Crippen LogP contribution in [-0.4, -0.2) is 10.7 Å². The fraction of sp³-hybridized carbons (Fsp3) is 0.750. The van der Waals surface area contributed by atoms with Crippen LogP contribution in [0.3, 0.4) is 0 Å². The smallest absolute Gasteiger partial charge is 0.122 e. The molecule has 0 aromatic carbocycles. The summed E-state index contributed by atoms with van der Waals surface area (Å²) in [6.45, 7) is 5.52. The Bertz CT molecular complexity index is 125. The minimum atomic E-state index is -0.760. The Morgan fingerprint density at radius 2 is 2.11 bits per heavy atom. The maximum Gasteiger partial charge on any atom is 0.122 e. The Morgan fingerprint density at radius 3 is 2.44 bits per heavy atom. The summed E-state index contributed by atoms with van der Waals surface area (Å²) in [5, 5.41) is 9.34. The summed E-state index contributed by atoms with van der Waals surface area (Å²) < 4.78 is 0. The maximum atomic E-state index is 9.34. The molecule has 0 fully saturated rings. The van der Waals surface area contributed by atoms with Gasteiger partial charge in [0.2, 0.25) is 0 Å². The fourth-order valence-electron chi connectivity index (χ4n) is 0.819. The molecule has 0 aromatic rings. The summed E-state index contributed by atoms with van der Waals surface area (Å²) in [5.41, 5.74) is -0.760. The van der Waals surface area contributed by atoms with E-state index in [4.69, 9.17) is 0 Å². The van der Waals surface area contributed by atoms with E-state index in [9.17, 15) is 5.11 Å². The van der Waals surface area contributed by atoms with Gasteiger partial charge in [-0.15, -0.1) is 5.92 Å². The van der Waals surface area contributed by atoms with Gasteiger partial charge in [0.1, 0.15) is 5.60 Å². The minimum Gasteiger partial charge on any atom is -0.378 e. The summed E-state index contributed by atoms with van der Waals surface area (Å²) >= 11 is 0. The van der Waals surface area contributed by atoms with E-state index in [1.54, 1.807) is 13.8 Å². The zero-order valence-corrected chi connectivity index (χ0v) is 6.36.